The van der Waals surface area contributed by atoms with Gasteiger partial charge in [0, 0.05) is 38.3 Å². The fourth-order valence-corrected chi connectivity index (χ4v) is 2.29. The minimum atomic E-state index is 0.675. The summed E-state index contributed by atoms with van der Waals surface area (Å²) in [6, 6.07) is 1.37. The molecule has 1 heterocycles. The monoisotopic (exact) mass is 199 g/mol. The van der Waals surface area contributed by atoms with E-state index in [4.69, 9.17) is 0 Å². The molecule has 0 bridgehead atoms. The van der Waals surface area contributed by atoms with Gasteiger partial charge in [-0.2, -0.15) is 0 Å². The van der Waals surface area contributed by atoms with E-state index in [1.807, 2.05) is 0 Å². The maximum absolute atomic E-state index is 2.62. The second-order valence-corrected chi connectivity index (χ2v) is 5.01. The zero-order valence-electron chi connectivity index (χ0n) is 10.3. The topological polar surface area (TPSA) is 9.72 Å². The molecule has 14 heavy (non-hydrogen) atoms. The van der Waals surface area contributed by atoms with Gasteiger partial charge in [0.1, 0.15) is 0 Å². The van der Waals surface area contributed by atoms with E-state index in [1.165, 1.54) is 26.2 Å². The number of hydrogen-bond donors (Lipinski definition) is 0. The third-order valence-corrected chi connectivity index (χ3v) is 2.97. The van der Waals surface area contributed by atoms with E-state index in [1.54, 1.807) is 0 Å². The summed E-state index contributed by atoms with van der Waals surface area (Å²) < 4.78 is 0. The average molecular weight is 199 g/mol. The van der Waals surface area contributed by atoms with Crippen LogP contribution in [0.25, 0.3) is 0 Å². The van der Waals surface area contributed by atoms with Gasteiger partial charge in [-0.05, 0) is 35.0 Å². The molecule has 84 valence electrons. The van der Waals surface area contributed by atoms with Gasteiger partial charge in [0.25, 0.3) is 0 Å². The third-order valence-electron chi connectivity index (χ3n) is 2.97. The van der Waals surface area contributed by atoms with Gasteiger partial charge in [0.15, 0.2) is 0 Å². The first-order chi connectivity index (χ1) is 6.50. The minimum absolute atomic E-state index is 0.675. The zero-order chi connectivity index (χ0) is 10.7. The summed E-state index contributed by atoms with van der Waals surface area (Å²) in [6.45, 7) is 9.40. The van der Waals surface area contributed by atoms with Gasteiger partial charge >= 0.3 is 0 Å². The maximum Gasteiger partial charge on any atom is 0.0353 e. The molecule has 1 aliphatic rings. The van der Waals surface area contributed by atoms with E-state index in [2.05, 4.69) is 49.7 Å². The molecule has 1 aliphatic heterocycles. The largest absolute Gasteiger partial charge is 0.308 e. The van der Waals surface area contributed by atoms with E-state index in [0.29, 0.717) is 12.1 Å². The van der Waals surface area contributed by atoms with E-state index in [9.17, 15) is 0 Å². The summed E-state index contributed by atoms with van der Waals surface area (Å²) in [5, 5.41) is 0. The van der Waals surface area contributed by atoms with Gasteiger partial charge in [-0.1, -0.05) is 0 Å². The molecule has 0 aliphatic carbocycles. The van der Waals surface area contributed by atoms with Crippen molar-refractivity contribution in [3.8, 4) is 0 Å². The first-order valence-electron chi connectivity index (χ1n) is 5.59. The summed E-state index contributed by atoms with van der Waals surface area (Å²) in [5.41, 5.74) is 0. The van der Waals surface area contributed by atoms with Crippen molar-refractivity contribution in [1.29, 1.82) is 0 Å². The lowest BCUT2D eigenvalue weighted by Crippen LogP contribution is -2.57. The zero-order valence-corrected chi connectivity index (χ0v) is 10.3. The SMILES string of the molecule is CC(C)N1CCN(C)CC1CN(C)C. The first-order valence-corrected chi connectivity index (χ1v) is 5.59. The molecule has 0 spiro atoms. The second-order valence-electron chi connectivity index (χ2n) is 5.01. The van der Waals surface area contributed by atoms with Crippen LogP contribution in [0, 0.1) is 0 Å². The lowest BCUT2D eigenvalue weighted by atomic mass is 10.1. The third kappa shape index (κ3) is 3.23. The highest BCUT2D eigenvalue weighted by atomic mass is 15.3. The van der Waals surface area contributed by atoms with Crippen molar-refractivity contribution in [3.63, 3.8) is 0 Å². The minimum Gasteiger partial charge on any atom is -0.308 e. The number of hydrogen-bond acceptors (Lipinski definition) is 3. The number of nitrogens with zero attached hydrogens (tertiary/aromatic N) is 3. The molecule has 3 nitrogen and oxygen atoms in total. The predicted molar refractivity (Wildman–Crippen MR) is 61.7 cm³/mol. The van der Waals surface area contributed by atoms with Gasteiger partial charge in [0.05, 0.1) is 0 Å². The van der Waals surface area contributed by atoms with Crippen LogP contribution in [0.2, 0.25) is 0 Å². The molecule has 0 amide bonds. The molecule has 0 aromatic rings. The Hall–Kier alpha value is -0.120. The Kier molecular flexibility index (Phi) is 4.35. The molecule has 0 radical (unpaired) electrons. The normalized spacial score (nSPS) is 26.4. The van der Waals surface area contributed by atoms with E-state index in [0.717, 1.165) is 0 Å². The van der Waals surface area contributed by atoms with Crippen LogP contribution >= 0.6 is 0 Å². The lowest BCUT2D eigenvalue weighted by molar-refractivity contribution is 0.0500. The van der Waals surface area contributed by atoms with Crippen LogP contribution in [0.3, 0.4) is 0 Å². The Morgan fingerprint density at radius 2 is 1.93 bits per heavy atom. The fourth-order valence-electron chi connectivity index (χ4n) is 2.29. The van der Waals surface area contributed by atoms with Crippen molar-refractivity contribution in [2.75, 3.05) is 47.3 Å². The fraction of sp³-hybridized carbons (Fsp3) is 1.00. The van der Waals surface area contributed by atoms with Gasteiger partial charge in [-0.15, -0.1) is 0 Å². The van der Waals surface area contributed by atoms with Crippen LogP contribution in [0.4, 0.5) is 0 Å². The molecule has 0 N–H and O–H groups in total. The van der Waals surface area contributed by atoms with Crippen LogP contribution in [0.15, 0.2) is 0 Å². The number of rotatable bonds is 3. The summed E-state index contributed by atoms with van der Waals surface area (Å²) in [5.74, 6) is 0. The highest BCUT2D eigenvalue weighted by Crippen LogP contribution is 2.12. The summed E-state index contributed by atoms with van der Waals surface area (Å²) >= 11 is 0. The second kappa shape index (κ2) is 5.10. The van der Waals surface area contributed by atoms with Crippen molar-refractivity contribution < 1.29 is 0 Å². The van der Waals surface area contributed by atoms with Crippen molar-refractivity contribution in [3.05, 3.63) is 0 Å². The summed E-state index contributed by atoms with van der Waals surface area (Å²) in [6.07, 6.45) is 0. The first kappa shape index (κ1) is 12.0. The Morgan fingerprint density at radius 1 is 1.29 bits per heavy atom. The van der Waals surface area contributed by atoms with Crippen molar-refractivity contribution in [2.45, 2.75) is 25.9 Å². The molecule has 0 saturated carbocycles. The summed E-state index contributed by atoms with van der Waals surface area (Å²) in [7, 11) is 6.54. The van der Waals surface area contributed by atoms with Crippen LogP contribution in [0.5, 0.6) is 0 Å². The maximum atomic E-state index is 2.62. The Balaban J connectivity index is 2.54. The smallest absolute Gasteiger partial charge is 0.0353 e. The standard InChI is InChI=1S/C11H25N3/c1-10(2)14-7-6-13(5)9-11(14)8-12(3)4/h10-11H,6-9H2,1-5H3. The Labute approximate surface area is 88.7 Å². The van der Waals surface area contributed by atoms with E-state index >= 15 is 0 Å². The molecule has 1 fully saturated rings. The van der Waals surface area contributed by atoms with E-state index < -0.39 is 0 Å². The lowest BCUT2D eigenvalue weighted by Gasteiger charge is -2.43. The molecular formula is C11H25N3. The molecule has 1 unspecified atom stereocenters. The van der Waals surface area contributed by atoms with Crippen LogP contribution < -0.4 is 0 Å². The average Bonchev–Trinajstić information content (AvgIpc) is 2.01. The highest BCUT2D eigenvalue weighted by molar-refractivity contribution is 4.84. The van der Waals surface area contributed by atoms with Gasteiger partial charge in [-0.25, -0.2) is 0 Å². The molecule has 1 saturated heterocycles. The molecule has 3 heteroatoms. The highest BCUT2D eigenvalue weighted by Gasteiger charge is 2.26. The Morgan fingerprint density at radius 3 is 2.43 bits per heavy atom. The molecule has 0 aromatic carbocycles. The van der Waals surface area contributed by atoms with Crippen molar-refractivity contribution in [2.24, 2.45) is 0 Å². The van der Waals surface area contributed by atoms with Crippen LogP contribution in [-0.2, 0) is 0 Å². The Bertz CT molecular complexity index is 166. The van der Waals surface area contributed by atoms with Crippen LogP contribution in [0.1, 0.15) is 13.8 Å². The van der Waals surface area contributed by atoms with Crippen molar-refractivity contribution in [1.82, 2.24) is 14.7 Å². The van der Waals surface area contributed by atoms with E-state index in [-0.39, 0.29) is 0 Å². The van der Waals surface area contributed by atoms with Gasteiger partial charge in [-0.3, -0.25) is 4.90 Å². The molecule has 1 atom stereocenters. The molecular weight excluding hydrogens is 174 g/mol. The molecule has 1 rings (SSSR count). The number of piperazine rings is 1. The van der Waals surface area contributed by atoms with Gasteiger partial charge in [0.2, 0.25) is 0 Å². The summed E-state index contributed by atoms with van der Waals surface area (Å²) in [4.78, 5) is 7.35. The number of likely N-dealkylation sites (N-methyl/N-ethyl adjacent to an activating group) is 2. The van der Waals surface area contributed by atoms with Crippen LogP contribution in [-0.4, -0.2) is 74.1 Å². The predicted octanol–water partition coefficient (Wildman–Crippen LogP) is 0.572. The molecule has 0 aromatic heterocycles. The van der Waals surface area contributed by atoms with Gasteiger partial charge < -0.3 is 9.80 Å². The quantitative estimate of drug-likeness (QED) is 0.658. The van der Waals surface area contributed by atoms with Crippen molar-refractivity contribution >= 4 is 0 Å².